The summed E-state index contributed by atoms with van der Waals surface area (Å²) in [6.45, 7) is 9.61. The summed E-state index contributed by atoms with van der Waals surface area (Å²) in [6.07, 6.45) is 27.5. The molecule has 0 amide bonds. The lowest BCUT2D eigenvalue weighted by atomic mass is 9.66. The van der Waals surface area contributed by atoms with Crippen molar-refractivity contribution < 1.29 is 0 Å². The molecule has 1 rings (SSSR count). The molecule has 0 aromatic heterocycles. The van der Waals surface area contributed by atoms with Gasteiger partial charge in [-0.1, -0.05) is 137 Å². The predicted octanol–water partition coefficient (Wildman–Crippen LogP) is 9.04. The Morgan fingerprint density at radius 3 is 1.00 bits per heavy atom. The highest BCUT2D eigenvalue weighted by Crippen LogP contribution is 2.41. The van der Waals surface area contributed by atoms with Crippen molar-refractivity contribution in [2.45, 2.75) is 156 Å². The molecule has 0 aliphatic heterocycles. The van der Waals surface area contributed by atoms with Crippen molar-refractivity contribution in [2.75, 3.05) is 0 Å². The van der Waals surface area contributed by atoms with E-state index in [0.717, 1.165) is 0 Å². The molecule has 1 heteroatoms. The van der Waals surface area contributed by atoms with E-state index in [0.29, 0.717) is 23.3 Å². The Hall–Kier alpha value is -0.0400. The van der Waals surface area contributed by atoms with E-state index in [4.69, 9.17) is 5.73 Å². The normalized spacial score (nSPS) is 25.1. The fourth-order valence-corrected chi connectivity index (χ4v) is 5.33. The Balaban J connectivity index is 2.52. The van der Waals surface area contributed by atoms with Crippen LogP contribution >= 0.6 is 0 Å². The van der Waals surface area contributed by atoms with Crippen LogP contribution in [0.15, 0.2) is 0 Å². The van der Waals surface area contributed by atoms with Gasteiger partial charge in [0.2, 0.25) is 0 Å². The van der Waals surface area contributed by atoms with E-state index in [1.165, 1.54) is 122 Å². The maximum absolute atomic E-state index is 6.64. The molecule has 1 aliphatic rings. The molecule has 1 saturated carbocycles. The first-order valence-electron chi connectivity index (χ1n) is 13.2. The smallest absolute Gasteiger partial charge is 0.00929 e. The summed E-state index contributed by atoms with van der Waals surface area (Å²) in [5.41, 5.74) is 7.07. The Kier molecular flexibility index (Phi) is 14.6. The third kappa shape index (κ3) is 11.2. The Bertz CT molecular complexity index is 328. The lowest BCUT2D eigenvalue weighted by Crippen LogP contribution is -2.42. The molecule has 0 radical (unpaired) electrons. The van der Waals surface area contributed by atoms with Gasteiger partial charge in [-0.2, -0.15) is 0 Å². The number of nitrogens with two attached hydrogens (primary N) is 1. The van der Waals surface area contributed by atoms with Gasteiger partial charge in [0, 0.05) is 6.04 Å². The van der Waals surface area contributed by atoms with Crippen LogP contribution in [0.25, 0.3) is 0 Å². The van der Waals surface area contributed by atoms with Crippen molar-refractivity contribution in [1.29, 1.82) is 0 Å². The Morgan fingerprint density at radius 2 is 0.750 bits per heavy atom. The van der Waals surface area contributed by atoms with Crippen LogP contribution in [0.1, 0.15) is 150 Å². The highest BCUT2D eigenvalue weighted by atomic mass is 14.7. The van der Waals surface area contributed by atoms with Crippen LogP contribution in [-0.4, -0.2) is 6.04 Å². The molecule has 1 aliphatic carbocycles. The molecule has 0 aromatic carbocycles. The van der Waals surface area contributed by atoms with Crippen LogP contribution in [0, 0.1) is 17.3 Å². The lowest BCUT2D eigenvalue weighted by Gasteiger charge is -2.41. The van der Waals surface area contributed by atoms with Crippen LogP contribution in [-0.2, 0) is 0 Å². The first-order valence-corrected chi connectivity index (χ1v) is 13.2. The monoisotopic (exact) mass is 393 g/mol. The maximum Gasteiger partial charge on any atom is 0.00929 e. The van der Waals surface area contributed by atoms with Crippen LogP contribution < -0.4 is 5.73 Å². The molecule has 2 atom stereocenters. The van der Waals surface area contributed by atoms with E-state index < -0.39 is 0 Å². The summed E-state index contributed by atoms with van der Waals surface area (Å²) in [4.78, 5) is 0. The molecule has 1 nitrogen and oxygen atoms in total. The highest BCUT2D eigenvalue weighted by Gasteiger charge is 2.34. The zero-order valence-electron chi connectivity index (χ0n) is 20.2. The van der Waals surface area contributed by atoms with Crippen LogP contribution in [0.2, 0.25) is 0 Å². The largest absolute Gasteiger partial charge is 0.327 e. The molecule has 2 unspecified atom stereocenters. The van der Waals surface area contributed by atoms with Gasteiger partial charge in [-0.15, -0.1) is 0 Å². The molecular weight excluding hydrogens is 338 g/mol. The average molecular weight is 394 g/mol. The summed E-state index contributed by atoms with van der Waals surface area (Å²) in [6, 6.07) is 0.343. The summed E-state index contributed by atoms with van der Waals surface area (Å²) in [7, 11) is 0. The average Bonchev–Trinajstić information content (AvgIpc) is 2.67. The highest BCUT2D eigenvalue weighted by molar-refractivity contribution is 4.87. The fourth-order valence-electron chi connectivity index (χ4n) is 5.33. The minimum atomic E-state index is 0.343. The molecule has 1 fully saturated rings. The lowest BCUT2D eigenvalue weighted by molar-refractivity contribution is 0.116. The van der Waals surface area contributed by atoms with Crippen molar-refractivity contribution >= 4 is 0 Å². The van der Waals surface area contributed by atoms with Crippen LogP contribution in [0.5, 0.6) is 0 Å². The quantitative estimate of drug-likeness (QED) is 0.508. The first-order chi connectivity index (χ1) is 13.5. The molecular formula is C27H55N. The second-order valence-corrected chi connectivity index (χ2v) is 10.8. The van der Waals surface area contributed by atoms with Gasteiger partial charge in [0.25, 0.3) is 0 Å². The van der Waals surface area contributed by atoms with Gasteiger partial charge in [0.05, 0.1) is 0 Å². The maximum atomic E-state index is 6.64. The van der Waals surface area contributed by atoms with Crippen LogP contribution in [0.3, 0.4) is 0 Å². The van der Waals surface area contributed by atoms with Gasteiger partial charge in [-0.05, 0) is 30.1 Å². The minimum absolute atomic E-state index is 0.343. The standard InChI is InChI=1S/C27H55N/c1-24(2)26(28)25(3)27(4)22-20-18-16-14-12-10-8-6-5-7-9-11-13-15-17-19-21-23-27/h24-26H,5-23,28H2,1-4H3. The molecule has 28 heavy (non-hydrogen) atoms. The molecule has 2 N–H and O–H groups in total. The Morgan fingerprint density at radius 1 is 0.500 bits per heavy atom. The van der Waals surface area contributed by atoms with E-state index in [1.54, 1.807) is 0 Å². The summed E-state index contributed by atoms with van der Waals surface area (Å²) in [5.74, 6) is 1.22. The molecule has 0 aromatic rings. The van der Waals surface area contributed by atoms with Gasteiger partial charge >= 0.3 is 0 Å². The number of rotatable bonds is 3. The first kappa shape index (κ1) is 26.0. The molecule has 0 spiro atoms. The van der Waals surface area contributed by atoms with Gasteiger partial charge in [0.1, 0.15) is 0 Å². The van der Waals surface area contributed by atoms with Crippen LogP contribution in [0.4, 0.5) is 0 Å². The van der Waals surface area contributed by atoms with Crippen molar-refractivity contribution in [2.24, 2.45) is 23.0 Å². The zero-order valence-corrected chi connectivity index (χ0v) is 20.2. The van der Waals surface area contributed by atoms with Crippen molar-refractivity contribution in [1.82, 2.24) is 0 Å². The molecule has 168 valence electrons. The van der Waals surface area contributed by atoms with E-state index in [2.05, 4.69) is 27.7 Å². The predicted molar refractivity (Wildman–Crippen MR) is 128 cm³/mol. The second kappa shape index (κ2) is 15.8. The topological polar surface area (TPSA) is 26.0 Å². The van der Waals surface area contributed by atoms with E-state index >= 15 is 0 Å². The third-order valence-corrected chi connectivity index (χ3v) is 7.94. The SMILES string of the molecule is CC(C)C(N)C(C)C1(C)CCCCCCCCCCCCCCCCCCC1. The molecule has 0 heterocycles. The summed E-state index contributed by atoms with van der Waals surface area (Å²) >= 11 is 0. The minimum Gasteiger partial charge on any atom is -0.327 e. The van der Waals surface area contributed by atoms with Gasteiger partial charge in [-0.25, -0.2) is 0 Å². The molecule has 0 bridgehead atoms. The van der Waals surface area contributed by atoms with E-state index in [-0.39, 0.29) is 0 Å². The van der Waals surface area contributed by atoms with E-state index in [1.807, 2.05) is 0 Å². The number of hydrogen-bond donors (Lipinski definition) is 1. The van der Waals surface area contributed by atoms with Gasteiger partial charge < -0.3 is 5.73 Å². The van der Waals surface area contributed by atoms with Crippen molar-refractivity contribution in [3.05, 3.63) is 0 Å². The van der Waals surface area contributed by atoms with Gasteiger partial charge in [-0.3, -0.25) is 0 Å². The molecule has 0 saturated heterocycles. The zero-order chi connectivity index (χ0) is 20.7. The van der Waals surface area contributed by atoms with Gasteiger partial charge in [0.15, 0.2) is 0 Å². The third-order valence-electron chi connectivity index (χ3n) is 7.94. The fraction of sp³-hybridized carbons (Fsp3) is 1.00. The summed E-state index contributed by atoms with van der Waals surface area (Å²) in [5, 5.41) is 0. The van der Waals surface area contributed by atoms with Crippen molar-refractivity contribution in [3.63, 3.8) is 0 Å². The Labute approximate surface area is 179 Å². The number of hydrogen-bond acceptors (Lipinski definition) is 1. The summed E-state index contributed by atoms with van der Waals surface area (Å²) < 4.78 is 0. The van der Waals surface area contributed by atoms with Crippen molar-refractivity contribution in [3.8, 4) is 0 Å². The van der Waals surface area contributed by atoms with E-state index in [9.17, 15) is 0 Å². The second-order valence-electron chi connectivity index (χ2n) is 10.8.